The molecule has 1 N–H and O–H groups in total. The molecule has 4 nitrogen and oxygen atoms in total. The molecule has 0 spiro atoms. The normalized spacial score (nSPS) is 23.3. The minimum atomic E-state index is 0.0365. The number of benzene rings is 1. The fourth-order valence-corrected chi connectivity index (χ4v) is 3.01. The summed E-state index contributed by atoms with van der Waals surface area (Å²) in [6, 6.07) is 12.2. The average molecular weight is 281 g/mol. The molecule has 0 aliphatic heterocycles. The Balaban J connectivity index is 1.92. The number of methoxy groups -OCH3 is 1. The Labute approximate surface area is 124 Å². The van der Waals surface area contributed by atoms with Gasteiger partial charge >= 0.3 is 0 Å². The second-order valence-corrected chi connectivity index (χ2v) is 6.17. The van der Waals surface area contributed by atoms with Crippen LogP contribution < -0.4 is 5.32 Å². The Morgan fingerprint density at radius 2 is 2.14 bits per heavy atom. The Hall–Kier alpha value is -2.12. The molecule has 1 heterocycles. The monoisotopic (exact) mass is 281 g/mol. The molecule has 2 aromatic rings. The first-order chi connectivity index (χ1) is 10.1. The van der Waals surface area contributed by atoms with Crippen LogP contribution in [0.1, 0.15) is 25.8 Å². The molecule has 1 aliphatic rings. The fraction of sp³-hybridized carbons (Fsp3) is 0.412. The van der Waals surface area contributed by atoms with E-state index in [4.69, 9.17) is 4.74 Å². The maximum atomic E-state index is 9.36. The summed E-state index contributed by atoms with van der Waals surface area (Å²) in [5.74, 6) is 0.670. The number of nitriles is 1. The van der Waals surface area contributed by atoms with Gasteiger partial charge in [-0.2, -0.15) is 5.26 Å². The lowest BCUT2D eigenvalue weighted by Crippen LogP contribution is -2.57. The molecule has 0 saturated heterocycles. The summed E-state index contributed by atoms with van der Waals surface area (Å²) >= 11 is 0. The quantitative estimate of drug-likeness (QED) is 0.937. The zero-order valence-corrected chi connectivity index (χ0v) is 12.6. The highest BCUT2D eigenvalue weighted by atomic mass is 16.5. The number of pyridine rings is 1. The number of nitrogens with one attached hydrogen (secondary N) is 1. The van der Waals surface area contributed by atoms with Crippen LogP contribution in [0.3, 0.4) is 0 Å². The molecular weight excluding hydrogens is 262 g/mol. The lowest BCUT2D eigenvalue weighted by atomic mass is 9.64. The molecule has 21 heavy (non-hydrogen) atoms. The number of ether oxygens (including phenoxy) is 1. The Morgan fingerprint density at radius 3 is 2.81 bits per heavy atom. The van der Waals surface area contributed by atoms with E-state index < -0.39 is 0 Å². The van der Waals surface area contributed by atoms with Gasteiger partial charge in [0.25, 0.3) is 0 Å². The molecule has 1 aromatic heterocycles. The summed E-state index contributed by atoms with van der Waals surface area (Å²) in [5, 5.41) is 13.8. The van der Waals surface area contributed by atoms with Gasteiger partial charge in [0.15, 0.2) is 0 Å². The molecule has 2 atom stereocenters. The molecule has 0 radical (unpaired) electrons. The molecule has 1 fully saturated rings. The van der Waals surface area contributed by atoms with Gasteiger partial charge < -0.3 is 10.1 Å². The number of aromatic nitrogens is 1. The third kappa shape index (κ3) is 2.24. The van der Waals surface area contributed by atoms with Crippen LogP contribution in [0.15, 0.2) is 30.3 Å². The Morgan fingerprint density at radius 1 is 1.38 bits per heavy atom. The number of para-hydroxylation sites is 1. The van der Waals surface area contributed by atoms with Crippen molar-refractivity contribution in [1.82, 2.24) is 4.98 Å². The molecule has 0 bridgehead atoms. The van der Waals surface area contributed by atoms with Crippen molar-refractivity contribution in [1.29, 1.82) is 5.26 Å². The van der Waals surface area contributed by atoms with Crippen molar-refractivity contribution >= 4 is 16.7 Å². The first kappa shape index (κ1) is 13.8. The largest absolute Gasteiger partial charge is 0.381 e. The predicted molar refractivity (Wildman–Crippen MR) is 83.1 cm³/mol. The average Bonchev–Trinajstić information content (AvgIpc) is 2.50. The van der Waals surface area contributed by atoms with Crippen molar-refractivity contribution in [3.63, 3.8) is 0 Å². The maximum Gasteiger partial charge on any atom is 0.144 e. The van der Waals surface area contributed by atoms with Gasteiger partial charge in [-0.15, -0.1) is 0 Å². The van der Waals surface area contributed by atoms with Crippen molar-refractivity contribution in [2.24, 2.45) is 5.41 Å². The summed E-state index contributed by atoms with van der Waals surface area (Å²) in [6.07, 6.45) is 1.18. The number of anilines is 1. The molecule has 2 unspecified atom stereocenters. The molecule has 108 valence electrons. The van der Waals surface area contributed by atoms with Gasteiger partial charge in [0.05, 0.1) is 17.2 Å². The van der Waals surface area contributed by atoms with E-state index in [0.29, 0.717) is 11.4 Å². The first-order valence-electron chi connectivity index (χ1n) is 7.15. The van der Waals surface area contributed by atoms with Gasteiger partial charge in [0.1, 0.15) is 11.9 Å². The van der Waals surface area contributed by atoms with Crippen LogP contribution >= 0.6 is 0 Å². The van der Waals surface area contributed by atoms with Gasteiger partial charge in [0.2, 0.25) is 0 Å². The van der Waals surface area contributed by atoms with E-state index in [-0.39, 0.29) is 17.6 Å². The SMILES string of the molecule is COC1CC(Nc2nc3ccccc3cc2C#N)C1(C)C. The minimum absolute atomic E-state index is 0.0365. The molecule has 0 amide bonds. The highest BCUT2D eigenvalue weighted by Crippen LogP contribution is 2.44. The smallest absolute Gasteiger partial charge is 0.144 e. The number of nitrogens with zero attached hydrogens (tertiary/aromatic N) is 2. The second kappa shape index (κ2) is 5.01. The zero-order chi connectivity index (χ0) is 15.0. The van der Waals surface area contributed by atoms with Gasteiger partial charge in [-0.3, -0.25) is 0 Å². The first-order valence-corrected chi connectivity index (χ1v) is 7.15. The van der Waals surface area contributed by atoms with Crippen molar-refractivity contribution in [3.8, 4) is 6.07 Å². The summed E-state index contributed by atoms with van der Waals surface area (Å²) in [6.45, 7) is 4.35. The summed E-state index contributed by atoms with van der Waals surface area (Å²) in [7, 11) is 1.75. The van der Waals surface area contributed by atoms with Crippen LogP contribution in [0, 0.1) is 16.7 Å². The highest BCUT2D eigenvalue weighted by Gasteiger charge is 2.48. The summed E-state index contributed by atoms with van der Waals surface area (Å²) in [5.41, 5.74) is 1.53. The van der Waals surface area contributed by atoms with Crippen molar-refractivity contribution in [3.05, 3.63) is 35.9 Å². The molecule has 1 saturated carbocycles. The van der Waals surface area contributed by atoms with Crippen LogP contribution in [-0.4, -0.2) is 24.2 Å². The lowest BCUT2D eigenvalue weighted by Gasteiger charge is -2.51. The summed E-state index contributed by atoms with van der Waals surface area (Å²) < 4.78 is 5.47. The standard InChI is InChI=1S/C17H19N3O/c1-17(2)14(9-15(17)21-3)20-16-12(10-18)8-11-6-4-5-7-13(11)19-16/h4-8,14-15H,9H2,1-3H3,(H,19,20). The third-order valence-electron chi connectivity index (χ3n) is 4.62. The van der Waals surface area contributed by atoms with E-state index in [9.17, 15) is 5.26 Å². The van der Waals surface area contributed by atoms with Crippen molar-refractivity contribution in [2.45, 2.75) is 32.4 Å². The molecule has 4 heteroatoms. The topological polar surface area (TPSA) is 57.9 Å². The summed E-state index contributed by atoms with van der Waals surface area (Å²) in [4.78, 5) is 4.61. The molecule has 1 aromatic carbocycles. The van der Waals surface area contributed by atoms with E-state index in [0.717, 1.165) is 17.3 Å². The van der Waals surface area contributed by atoms with Gasteiger partial charge in [-0.05, 0) is 18.6 Å². The Bertz CT molecular complexity index is 718. The van der Waals surface area contributed by atoms with Crippen molar-refractivity contribution in [2.75, 3.05) is 12.4 Å². The maximum absolute atomic E-state index is 9.36. The number of hydrogen-bond acceptors (Lipinski definition) is 4. The fourth-order valence-electron chi connectivity index (χ4n) is 3.01. The number of hydrogen-bond donors (Lipinski definition) is 1. The molecule has 3 rings (SSSR count). The number of fused-ring (bicyclic) bond motifs is 1. The second-order valence-electron chi connectivity index (χ2n) is 6.17. The van der Waals surface area contributed by atoms with Crippen LogP contribution in [0.2, 0.25) is 0 Å². The van der Waals surface area contributed by atoms with E-state index in [2.05, 4.69) is 30.2 Å². The van der Waals surface area contributed by atoms with Crippen LogP contribution in [0.5, 0.6) is 0 Å². The molecule has 1 aliphatic carbocycles. The van der Waals surface area contributed by atoms with Crippen molar-refractivity contribution < 1.29 is 4.74 Å². The van der Waals surface area contributed by atoms with Crippen LogP contribution in [-0.2, 0) is 4.74 Å². The predicted octanol–water partition coefficient (Wildman–Crippen LogP) is 3.33. The molecular formula is C17H19N3O. The van der Waals surface area contributed by atoms with E-state index in [1.807, 2.05) is 30.3 Å². The zero-order valence-electron chi connectivity index (χ0n) is 12.6. The lowest BCUT2D eigenvalue weighted by molar-refractivity contribution is -0.0795. The highest BCUT2D eigenvalue weighted by molar-refractivity contribution is 5.82. The minimum Gasteiger partial charge on any atom is -0.381 e. The van der Waals surface area contributed by atoms with E-state index in [1.54, 1.807) is 7.11 Å². The van der Waals surface area contributed by atoms with E-state index >= 15 is 0 Å². The Kier molecular flexibility index (Phi) is 3.30. The van der Waals surface area contributed by atoms with Gasteiger partial charge in [0, 0.05) is 24.0 Å². The van der Waals surface area contributed by atoms with Gasteiger partial charge in [-0.25, -0.2) is 4.98 Å². The van der Waals surface area contributed by atoms with Crippen LogP contribution in [0.25, 0.3) is 10.9 Å². The van der Waals surface area contributed by atoms with Crippen LogP contribution in [0.4, 0.5) is 5.82 Å². The van der Waals surface area contributed by atoms with E-state index in [1.165, 1.54) is 0 Å². The van der Waals surface area contributed by atoms with Gasteiger partial charge in [-0.1, -0.05) is 32.0 Å². The number of rotatable bonds is 3. The third-order valence-corrected chi connectivity index (χ3v) is 4.62.